The molecule has 1 aliphatic heterocycles. The molecule has 0 amide bonds. The van der Waals surface area contributed by atoms with Crippen molar-refractivity contribution in [2.24, 2.45) is 5.92 Å². The second-order valence-corrected chi connectivity index (χ2v) is 9.76. The summed E-state index contributed by atoms with van der Waals surface area (Å²) >= 11 is 0. The molecular formula is C24H39NO. The van der Waals surface area contributed by atoms with Crippen LogP contribution >= 0.6 is 0 Å². The van der Waals surface area contributed by atoms with Crippen LogP contribution in [0.4, 0.5) is 0 Å². The van der Waals surface area contributed by atoms with Crippen molar-refractivity contribution in [3.8, 4) is 0 Å². The summed E-state index contributed by atoms with van der Waals surface area (Å²) in [5.41, 5.74) is 2.00. The lowest BCUT2D eigenvalue weighted by atomic mass is 9.76. The highest BCUT2D eigenvalue weighted by Gasteiger charge is 2.40. The first-order valence-electron chi connectivity index (χ1n) is 11.0. The van der Waals surface area contributed by atoms with Gasteiger partial charge in [0.2, 0.25) is 0 Å². The van der Waals surface area contributed by atoms with Gasteiger partial charge < -0.3 is 10.0 Å². The molecule has 1 saturated carbocycles. The Morgan fingerprint density at radius 3 is 2.15 bits per heavy atom. The average Bonchev–Trinajstić information content (AvgIpc) is 2.97. The Bertz CT molecular complexity index is 551. The summed E-state index contributed by atoms with van der Waals surface area (Å²) < 4.78 is 0. The molecule has 146 valence electrons. The quantitative estimate of drug-likeness (QED) is 0.709. The van der Waals surface area contributed by atoms with Crippen molar-refractivity contribution in [1.82, 2.24) is 4.90 Å². The first-order valence-corrected chi connectivity index (χ1v) is 11.0. The lowest BCUT2D eigenvalue weighted by molar-refractivity contribution is -0.0428. The molecule has 3 rings (SSSR count). The van der Waals surface area contributed by atoms with Gasteiger partial charge in [-0.1, -0.05) is 77.1 Å². The zero-order chi connectivity index (χ0) is 18.6. The fourth-order valence-corrected chi connectivity index (χ4v) is 4.92. The van der Waals surface area contributed by atoms with Crippen molar-refractivity contribution in [2.75, 3.05) is 19.6 Å². The molecular weight excluding hydrogens is 318 g/mol. The summed E-state index contributed by atoms with van der Waals surface area (Å²) in [4.78, 5) is 2.64. The van der Waals surface area contributed by atoms with Gasteiger partial charge in [0.25, 0.3) is 0 Å². The zero-order valence-electron chi connectivity index (χ0n) is 17.3. The van der Waals surface area contributed by atoms with Gasteiger partial charge in [0.15, 0.2) is 0 Å². The van der Waals surface area contributed by atoms with Gasteiger partial charge in [-0.2, -0.15) is 0 Å². The van der Waals surface area contributed by atoms with Crippen molar-refractivity contribution in [3.63, 3.8) is 0 Å². The van der Waals surface area contributed by atoms with E-state index >= 15 is 0 Å². The molecule has 1 aliphatic carbocycles. The molecule has 0 aromatic heterocycles. The molecule has 1 heterocycles. The van der Waals surface area contributed by atoms with Crippen molar-refractivity contribution in [3.05, 3.63) is 35.4 Å². The third kappa shape index (κ3) is 4.70. The number of hydrogen-bond donors (Lipinski definition) is 1. The summed E-state index contributed by atoms with van der Waals surface area (Å²) in [7, 11) is 0. The van der Waals surface area contributed by atoms with Gasteiger partial charge in [0, 0.05) is 12.5 Å². The van der Waals surface area contributed by atoms with Gasteiger partial charge >= 0.3 is 0 Å². The minimum Gasteiger partial charge on any atom is -0.385 e. The molecule has 1 saturated heterocycles. The summed E-state index contributed by atoms with van der Waals surface area (Å²) in [6.07, 6.45) is 11.2. The first kappa shape index (κ1) is 19.9. The summed E-state index contributed by atoms with van der Waals surface area (Å²) in [5.74, 6) is 0.364. The number of rotatable bonds is 3. The highest BCUT2D eigenvalue weighted by Crippen LogP contribution is 2.41. The molecule has 26 heavy (non-hydrogen) atoms. The minimum absolute atomic E-state index is 0.163. The largest absolute Gasteiger partial charge is 0.385 e. The third-order valence-electron chi connectivity index (χ3n) is 6.71. The number of benzene rings is 1. The Labute approximate surface area is 161 Å². The van der Waals surface area contributed by atoms with E-state index in [9.17, 15) is 5.11 Å². The third-order valence-corrected chi connectivity index (χ3v) is 6.71. The standard InChI is InChI=1S/C24H39NO/c1-23(2,3)20-12-14-21(15-13-20)24(26)16-8-6-7-11-22(24)19-25-17-9-4-5-10-18-25/h12-15,22,26H,4-11,16-19H2,1-3H3. The Morgan fingerprint density at radius 1 is 0.923 bits per heavy atom. The fourth-order valence-electron chi connectivity index (χ4n) is 4.92. The minimum atomic E-state index is -0.654. The lowest BCUT2D eigenvalue weighted by Crippen LogP contribution is -2.42. The van der Waals surface area contributed by atoms with Crippen LogP contribution in [0, 0.1) is 5.92 Å². The Balaban J connectivity index is 1.81. The molecule has 2 heteroatoms. The number of nitrogens with zero attached hydrogens (tertiary/aromatic N) is 1. The Hall–Kier alpha value is -0.860. The van der Waals surface area contributed by atoms with Gasteiger partial charge in [-0.05, 0) is 55.3 Å². The van der Waals surface area contributed by atoms with Crippen LogP contribution in [0.3, 0.4) is 0 Å². The zero-order valence-corrected chi connectivity index (χ0v) is 17.3. The van der Waals surface area contributed by atoms with E-state index in [0.717, 1.165) is 31.4 Å². The van der Waals surface area contributed by atoms with Crippen LogP contribution in [0.15, 0.2) is 24.3 Å². The molecule has 2 aliphatic rings. The van der Waals surface area contributed by atoms with E-state index in [0.29, 0.717) is 5.92 Å². The topological polar surface area (TPSA) is 23.5 Å². The van der Waals surface area contributed by atoms with Crippen LogP contribution in [0.1, 0.15) is 89.7 Å². The van der Waals surface area contributed by atoms with Crippen LogP contribution in [-0.2, 0) is 11.0 Å². The van der Waals surface area contributed by atoms with Gasteiger partial charge in [-0.3, -0.25) is 0 Å². The summed E-state index contributed by atoms with van der Waals surface area (Å²) in [6, 6.07) is 8.89. The predicted molar refractivity (Wildman–Crippen MR) is 111 cm³/mol. The van der Waals surface area contributed by atoms with E-state index in [2.05, 4.69) is 49.9 Å². The maximum Gasteiger partial charge on any atom is 0.0936 e. The average molecular weight is 358 g/mol. The number of likely N-dealkylation sites (tertiary alicyclic amines) is 1. The maximum absolute atomic E-state index is 11.9. The van der Waals surface area contributed by atoms with Crippen LogP contribution in [0.2, 0.25) is 0 Å². The summed E-state index contributed by atoms with van der Waals surface area (Å²) in [5, 5.41) is 11.9. The molecule has 2 unspecified atom stereocenters. The number of hydrogen-bond acceptors (Lipinski definition) is 2. The van der Waals surface area contributed by atoms with E-state index in [-0.39, 0.29) is 5.41 Å². The van der Waals surface area contributed by atoms with Crippen molar-refractivity contribution < 1.29 is 5.11 Å². The molecule has 2 fully saturated rings. The Morgan fingerprint density at radius 2 is 1.54 bits per heavy atom. The first-order chi connectivity index (χ1) is 12.4. The van der Waals surface area contributed by atoms with Crippen LogP contribution < -0.4 is 0 Å². The molecule has 1 N–H and O–H groups in total. The molecule has 0 radical (unpaired) electrons. The lowest BCUT2D eigenvalue weighted by Gasteiger charge is -2.39. The van der Waals surface area contributed by atoms with Crippen LogP contribution in [0.5, 0.6) is 0 Å². The fraction of sp³-hybridized carbons (Fsp3) is 0.750. The molecule has 0 spiro atoms. The van der Waals surface area contributed by atoms with E-state index in [1.165, 1.54) is 57.2 Å². The highest BCUT2D eigenvalue weighted by molar-refractivity contribution is 5.31. The van der Waals surface area contributed by atoms with E-state index in [1.807, 2.05) is 0 Å². The number of aliphatic hydroxyl groups is 1. The van der Waals surface area contributed by atoms with E-state index in [1.54, 1.807) is 0 Å². The Kier molecular flexibility index (Phi) is 6.45. The second-order valence-electron chi connectivity index (χ2n) is 9.76. The second kappa shape index (κ2) is 8.44. The van der Waals surface area contributed by atoms with Gasteiger partial charge in [-0.15, -0.1) is 0 Å². The van der Waals surface area contributed by atoms with Crippen LogP contribution in [0.25, 0.3) is 0 Å². The van der Waals surface area contributed by atoms with Gasteiger partial charge in [-0.25, -0.2) is 0 Å². The maximum atomic E-state index is 11.9. The highest BCUT2D eigenvalue weighted by atomic mass is 16.3. The van der Waals surface area contributed by atoms with Gasteiger partial charge in [0.1, 0.15) is 0 Å². The molecule has 0 bridgehead atoms. The summed E-state index contributed by atoms with van der Waals surface area (Å²) in [6.45, 7) is 10.3. The molecule has 2 atom stereocenters. The normalized spacial score (nSPS) is 29.2. The van der Waals surface area contributed by atoms with E-state index in [4.69, 9.17) is 0 Å². The monoisotopic (exact) mass is 357 g/mol. The van der Waals surface area contributed by atoms with Crippen molar-refractivity contribution >= 4 is 0 Å². The smallest absolute Gasteiger partial charge is 0.0936 e. The molecule has 1 aromatic carbocycles. The predicted octanol–water partition coefficient (Wildman–Crippen LogP) is 5.63. The molecule has 2 nitrogen and oxygen atoms in total. The van der Waals surface area contributed by atoms with Crippen LogP contribution in [-0.4, -0.2) is 29.6 Å². The molecule has 1 aromatic rings. The van der Waals surface area contributed by atoms with Gasteiger partial charge in [0.05, 0.1) is 5.60 Å². The van der Waals surface area contributed by atoms with Crippen molar-refractivity contribution in [1.29, 1.82) is 0 Å². The van der Waals surface area contributed by atoms with E-state index < -0.39 is 5.60 Å². The SMILES string of the molecule is CC(C)(C)c1ccc(C2(O)CCCCCC2CN2CCCCCC2)cc1. The van der Waals surface area contributed by atoms with Crippen molar-refractivity contribution in [2.45, 2.75) is 89.6 Å².